The van der Waals surface area contributed by atoms with Gasteiger partial charge in [-0.3, -0.25) is 4.79 Å². The number of rotatable bonds is 2. The summed E-state index contributed by atoms with van der Waals surface area (Å²) in [6.07, 6.45) is 1.39. The van der Waals surface area contributed by atoms with Crippen LogP contribution in [0.1, 0.15) is 5.76 Å². The van der Waals surface area contributed by atoms with Crippen LogP contribution < -0.4 is 0 Å². The zero-order chi connectivity index (χ0) is 7.56. The number of furan rings is 1. The molecule has 0 radical (unpaired) electrons. The van der Waals surface area contributed by atoms with E-state index in [0.29, 0.717) is 5.76 Å². The fourth-order valence-electron chi connectivity index (χ4n) is 0.596. The smallest absolute Gasteiger partial charge is 0.311 e. The molecule has 1 N–H and O–H groups in total. The maximum absolute atomic E-state index is 10.1. The van der Waals surface area contributed by atoms with E-state index in [1.807, 2.05) is 0 Å². The molecule has 0 aromatic carbocycles. The molecule has 10 heavy (non-hydrogen) atoms. The number of hydrogen-bond acceptors (Lipinski definition) is 2. The summed E-state index contributed by atoms with van der Waals surface area (Å²) in [5, 5.41) is 8.30. The molecular formula is C6H5BrO3. The predicted molar refractivity (Wildman–Crippen MR) is 37.7 cm³/mol. The second-order valence-corrected chi connectivity index (χ2v) is 2.72. The van der Waals surface area contributed by atoms with E-state index >= 15 is 0 Å². The fourth-order valence-corrected chi connectivity index (χ4v) is 0.944. The van der Waals surface area contributed by atoms with Gasteiger partial charge in [-0.2, -0.15) is 0 Å². The molecule has 0 unspecified atom stereocenters. The van der Waals surface area contributed by atoms with Crippen LogP contribution in [0.5, 0.6) is 0 Å². The van der Waals surface area contributed by atoms with Gasteiger partial charge in [0, 0.05) is 0 Å². The molecular weight excluding hydrogens is 200 g/mol. The first-order valence-corrected chi connectivity index (χ1v) is 3.42. The lowest BCUT2D eigenvalue weighted by Gasteiger charge is -1.85. The number of aliphatic carboxylic acids is 1. The van der Waals surface area contributed by atoms with Gasteiger partial charge in [-0.15, -0.1) is 0 Å². The van der Waals surface area contributed by atoms with Crippen molar-refractivity contribution in [3.63, 3.8) is 0 Å². The SMILES string of the molecule is O=C(O)Cc1cc(Br)co1. The van der Waals surface area contributed by atoms with Crippen LogP contribution in [0.25, 0.3) is 0 Å². The summed E-state index contributed by atoms with van der Waals surface area (Å²) in [5.41, 5.74) is 0. The van der Waals surface area contributed by atoms with Gasteiger partial charge in [-0.05, 0) is 22.0 Å². The highest BCUT2D eigenvalue weighted by Crippen LogP contribution is 2.13. The van der Waals surface area contributed by atoms with Crippen LogP contribution in [-0.2, 0) is 11.2 Å². The van der Waals surface area contributed by atoms with Gasteiger partial charge in [0.2, 0.25) is 0 Å². The average Bonchev–Trinajstić information content (AvgIpc) is 2.13. The second-order valence-electron chi connectivity index (χ2n) is 1.80. The first-order valence-electron chi connectivity index (χ1n) is 2.63. The molecule has 0 saturated carbocycles. The number of carboxylic acids is 1. The van der Waals surface area contributed by atoms with Crippen LogP contribution in [-0.4, -0.2) is 11.1 Å². The normalized spacial score (nSPS) is 9.70. The van der Waals surface area contributed by atoms with Crippen LogP contribution in [0.2, 0.25) is 0 Å². The summed E-state index contributed by atoms with van der Waals surface area (Å²) >= 11 is 3.14. The standard InChI is InChI=1S/C6H5BrO3/c7-4-1-5(10-3-4)2-6(8)9/h1,3H,2H2,(H,8,9). The lowest BCUT2D eigenvalue weighted by Crippen LogP contribution is -1.97. The molecule has 0 aliphatic heterocycles. The Balaban J connectivity index is 2.67. The van der Waals surface area contributed by atoms with Gasteiger partial charge in [0.05, 0.1) is 4.47 Å². The van der Waals surface area contributed by atoms with Gasteiger partial charge >= 0.3 is 5.97 Å². The number of carbonyl (C=O) groups is 1. The van der Waals surface area contributed by atoms with Gasteiger partial charge in [0.15, 0.2) is 0 Å². The van der Waals surface area contributed by atoms with E-state index in [1.165, 1.54) is 6.26 Å². The largest absolute Gasteiger partial charge is 0.481 e. The Morgan fingerprint density at radius 3 is 2.90 bits per heavy atom. The Bertz CT molecular complexity index is 241. The third-order valence-electron chi connectivity index (χ3n) is 0.947. The Labute approximate surface area is 65.8 Å². The summed E-state index contributed by atoms with van der Waals surface area (Å²) in [4.78, 5) is 10.1. The van der Waals surface area contributed by atoms with Crippen molar-refractivity contribution in [2.45, 2.75) is 6.42 Å². The van der Waals surface area contributed by atoms with Gasteiger partial charge < -0.3 is 9.52 Å². The molecule has 3 nitrogen and oxygen atoms in total. The van der Waals surface area contributed by atoms with Crippen molar-refractivity contribution in [2.75, 3.05) is 0 Å². The first kappa shape index (κ1) is 7.34. The molecule has 0 aliphatic rings. The van der Waals surface area contributed by atoms with Crippen molar-refractivity contribution >= 4 is 21.9 Å². The molecule has 0 saturated heterocycles. The maximum Gasteiger partial charge on any atom is 0.311 e. The Morgan fingerprint density at radius 2 is 2.50 bits per heavy atom. The van der Waals surface area contributed by atoms with Gasteiger partial charge in [-0.1, -0.05) is 0 Å². The second kappa shape index (κ2) is 2.88. The van der Waals surface area contributed by atoms with E-state index in [9.17, 15) is 4.79 Å². The monoisotopic (exact) mass is 204 g/mol. The van der Waals surface area contributed by atoms with Crippen LogP contribution in [0, 0.1) is 0 Å². The Kier molecular flexibility index (Phi) is 2.11. The van der Waals surface area contributed by atoms with Crippen molar-refractivity contribution in [1.82, 2.24) is 0 Å². The minimum absolute atomic E-state index is 0.0639. The third-order valence-corrected chi connectivity index (χ3v) is 1.36. The Morgan fingerprint density at radius 1 is 1.80 bits per heavy atom. The molecule has 0 spiro atoms. The maximum atomic E-state index is 10.1. The summed E-state index contributed by atoms with van der Waals surface area (Å²) < 4.78 is 5.61. The van der Waals surface area contributed by atoms with E-state index in [4.69, 9.17) is 9.52 Å². The fraction of sp³-hybridized carbons (Fsp3) is 0.167. The number of carboxylic acid groups (broad SMARTS) is 1. The summed E-state index contributed by atoms with van der Waals surface area (Å²) in [6.45, 7) is 0. The lowest BCUT2D eigenvalue weighted by molar-refractivity contribution is -0.136. The summed E-state index contributed by atoms with van der Waals surface area (Å²) in [5.74, 6) is -0.429. The molecule has 0 amide bonds. The molecule has 54 valence electrons. The number of hydrogen-bond donors (Lipinski definition) is 1. The van der Waals surface area contributed by atoms with E-state index in [-0.39, 0.29) is 6.42 Å². The molecule has 0 fully saturated rings. The third kappa shape index (κ3) is 1.88. The van der Waals surface area contributed by atoms with E-state index in [2.05, 4.69) is 15.9 Å². The minimum atomic E-state index is -0.887. The topological polar surface area (TPSA) is 50.4 Å². The summed E-state index contributed by atoms with van der Waals surface area (Å²) in [6, 6.07) is 1.63. The van der Waals surface area contributed by atoms with E-state index in [0.717, 1.165) is 4.47 Å². The highest BCUT2D eigenvalue weighted by atomic mass is 79.9. The zero-order valence-corrected chi connectivity index (χ0v) is 6.59. The highest BCUT2D eigenvalue weighted by molar-refractivity contribution is 9.10. The van der Waals surface area contributed by atoms with Crippen molar-refractivity contribution < 1.29 is 14.3 Å². The van der Waals surface area contributed by atoms with Gasteiger partial charge in [-0.25, -0.2) is 0 Å². The van der Waals surface area contributed by atoms with Crippen LogP contribution >= 0.6 is 15.9 Å². The predicted octanol–water partition coefficient (Wildman–Crippen LogP) is 1.67. The zero-order valence-electron chi connectivity index (χ0n) is 5.00. The van der Waals surface area contributed by atoms with Gasteiger partial charge in [0.1, 0.15) is 18.4 Å². The Hall–Kier alpha value is -0.770. The highest BCUT2D eigenvalue weighted by Gasteiger charge is 2.03. The van der Waals surface area contributed by atoms with Crippen LogP contribution in [0.3, 0.4) is 0 Å². The average molecular weight is 205 g/mol. The molecule has 0 atom stereocenters. The minimum Gasteiger partial charge on any atom is -0.481 e. The molecule has 1 aromatic heterocycles. The van der Waals surface area contributed by atoms with E-state index in [1.54, 1.807) is 6.07 Å². The van der Waals surface area contributed by atoms with Crippen molar-refractivity contribution in [1.29, 1.82) is 0 Å². The molecule has 1 heterocycles. The van der Waals surface area contributed by atoms with Crippen LogP contribution in [0.15, 0.2) is 21.2 Å². The quantitative estimate of drug-likeness (QED) is 0.798. The molecule has 4 heteroatoms. The van der Waals surface area contributed by atoms with Crippen molar-refractivity contribution in [3.05, 3.63) is 22.6 Å². The molecule has 0 aliphatic carbocycles. The summed E-state index contributed by atoms with van der Waals surface area (Å²) in [7, 11) is 0. The number of halogens is 1. The molecule has 0 bridgehead atoms. The first-order chi connectivity index (χ1) is 4.68. The molecule has 1 rings (SSSR count). The van der Waals surface area contributed by atoms with Crippen molar-refractivity contribution in [2.24, 2.45) is 0 Å². The lowest BCUT2D eigenvalue weighted by atomic mass is 10.3. The van der Waals surface area contributed by atoms with E-state index < -0.39 is 5.97 Å². The van der Waals surface area contributed by atoms with Crippen LogP contribution in [0.4, 0.5) is 0 Å². The van der Waals surface area contributed by atoms with Gasteiger partial charge in [0.25, 0.3) is 0 Å². The molecule has 1 aromatic rings. The van der Waals surface area contributed by atoms with Crippen molar-refractivity contribution in [3.8, 4) is 0 Å².